The van der Waals surface area contributed by atoms with Crippen LogP contribution in [0.15, 0.2) is 66.7 Å². The van der Waals surface area contributed by atoms with Crippen molar-refractivity contribution in [1.82, 2.24) is 0 Å². The van der Waals surface area contributed by atoms with Crippen LogP contribution in [0.25, 0.3) is 22.3 Å². The van der Waals surface area contributed by atoms with Crippen molar-refractivity contribution in [3.8, 4) is 34.4 Å². The molecule has 3 rings (SSSR count). The van der Waals surface area contributed by atoms with Crippen LogP contribution in [0.4, 0.5) is 4.39 Å². The molecule has 0 amide bonds. The van der Waals surface area contributed by atoms with Crippen molar-refractivity contribution in [1.29, 1.82) is 10.5 Å². The van der Waals surface area contributed by atoms with Gasteiger partial charge >= 0.3 is 0 Å². The molecule has 3 heteroatoms. The lowest BCUT2D eigenvalue weighted by Gasteiger charge is -2.12. The summed E-state index contributed by atoms with van der Waals surface area (Å²) in [5.74, 6) is -0.600. The van der Waals surface area contributed by atoms with Crippen molar-refractivity contribution in [2.75, 3.05) is 0 Å². The second-order valence-electron chi connectivity index (χ2n) is 4.99. The van der Waals surface area contributed by atoms with E-state index in [9.17, 15) is 14.9 Å². The van der Waals surface area contributed by atoms with E-state index >= 15 is 0 Å². The van der Waals surface area contributed by atoms with Crippen LogP contribution in [0.3, 0.4) is 0 Å². The molecule has 0 bridgehead atoms. The van der Waals surface area contributed by atoms with Crippen LogP contribution in [0.5, 0.6) is 0 Å². The van der Waals surface area contributed by atoms with Gasteiger partial charge in [0.15, 0.2) is 0 Å². The lowest BCUT2D eigenvalue weighted by atomic mass is 9.90. The Morgan fingerprint density at radius 1 is 0.739 bits per heavy atom. The molecular formula is C20H11FN2. The average molecular weight is 298 g/mol. The van der Waals surface area contributed by atoms with E-state index in [2.05, 4.69) is 6.07 Å². The number of nitriles is 2. The SMILES string of the molecule is N#Cc1cc(-c2ccccc2)c(F)c(C#N)c1-c1ccccc1. The zero-order valence-corrected chi connectivity index (χ0v) is 12.1. The van der Waals surface area contributed by atoms with Gasteiger partial charge in [-0.2, -0.15) is 10.5 Å². The monoisotopic (exact) mass is 298 g/mol. The van der Waals surface area contributed by atoms with Gasteiger partial charge in [0.1, 0.15) is 11.9 Å². The summed E-state index contributed by atoms with van der Waals surface area (Å²) in [7, 11) is 0. The quantitative estimate of drug-likeness (QED) is 0.675. The van der Waals surface area contributed by atoms with Gasteiger partial charge < -0.3 is 0 Å². The minimum Gasteiger partial charge on any atom is -0.205 e. The highest BCUT2D eigenvalue weighted by Crippen LogP contribution is 2.35. The maximum Gasteiger partial charge on any atom is 0.149 e. The van der Waals surface area contributed by atoms with Crippen LogP contribution >= 0.6 is 0 Å². The first kappa shape index (κ1) is 14.5. The highest BCUT2D eigenvalue weighted by Gasteiger charge is 2.20. The summed E-state index contributed by atoms with van der Waals surface area (Å²) in [5, 5.41) is 18.9. The van der Waals surface area contributed by atoms with E-state index in [1.807, 2.05) is 18.2 Å². The minimum atomic E-state index is -0.600. The van der Waals surface area contributed by atoms with Crippen LogP contribution in [0.2, 0.25) is 0 Å². The summed E-state index contributed by atoms with van der Waals surface area (Å²) < 4.78 is 14.9. The number of benzene rings is 3. The third-order valence-corrected chi connectivity index (χ3v) is 3.64. The maximum absolute atomic E-state index is 14.9. The highest BCUT2D eigenvalue weighted by atomic mass is 19.1. The van der Waals surface area contributed by atoms with Crippen molar-refractivity contribution in [3.05, 3.63) is 83.7 Å². The predicted octanol–water partition coefficient (Wildman–Crippen LogP) is 4.90. The second kappa shape index (κ2) is 6.13. The molecule has 0 aromatic heterocycles. The highest BCUT2D eigenvalue weighted by molar-refractivity contribution is 5.82. The van der Waals surface area contributed by atoms with Crippen molar-refractivity contribution in [3.63, 3.8) is 0 Å². The van der Waals surface area contributed by atoms with Gasteiger partial charge in [-0.25, -0.2) is 4.39 Å². The molecule has 0 aliphatic heterocycles. The van der Waals surface area contributed by atoms with E-state index in [4.69, 9.17) is 0 Å². The molecule has 0 saturated carbocycles. The summed E-state index contributed by atoms with van der Waals surface area (Å²) in [6.45, 7) is 0. The van der Waals surface area contributed by atoms with Crippen LogP contribution in [-0.2, 0) is 0 Å². The lowest BCUT2D eigenvalue weighted by Crippen LogP contribution is -1.98. The Balaban J connectivity index is 2.35. The van der Waals surface area contributed by atoms with Crippen molar-refractivity contribution in [2.24, 2.45) is 0 Å². The maximum atomic E-state index is 14.9. The standard InChI is InChI=1S/C20H11FN2/c21-20-17(14-7-3-1-4-8-14)11-16(12-22)19(18(20)13-23)15-9-5-2-6-10-15/h1-11H. The van der Waals surface area contributed by atoms with E-state index in [0.717, 1.165) is 0 Å². The van der Waals surface area contributed by atoms with Crippen molar-refractivity contribution < 1.29 is 4.39 Å². The molecule has 0 fully saturated rings. The molecule has 0 radical (unpaired) electrons. The van der Waals surface area contributed by atoms with Gasteiger partial charge in [-0.15, -0.1) is 0 Å². The molecule has 108 valence electrons. The molecule has 0 N–H and O–H groups in total. The van der Waals surface area contributed by atoms with Gasteiger partial charge in [-0.05, 0) is 17.2 Å². The first-order chi connectivity index (χ1) is 11.3. The first-order valence-electron chi connectivity index (χ1n) is 7.03. The topological polar surface area (TPSA) is 47.6 Å². The van der Waals surface area contributed by atoms with E-state index < -0.39 is 5.82 Å². The molecule has 3 aromatic rings. The third kappa shape index (κ3) is 2.57. The molecule has 0 unspecified atom stereocenters. The fourth-order valence-corrected chi connectivity index (χ4v) is 2.58. The summed E-state index contributed by atoms with van der Waals surface area (Å²) in [6.07, 6.45) is 0. The Hall–Kier alpha value is -3.43. The van der Waals surface area contributed by atoms with Crippen LogP contribution < -0.4 is 0 Å². The summed E-state index contributed by atoms with van der Waals surface area (Å²) in [5.41, 5.74) is 2.07. The number of rotatable bonds is 2. The molecule has 0 aliphatic carbocycles. The molecule has 3 aromatic carbocycles. The Labute approximate surface area is 133 Å². The molecule has 0 saturated heterocycles. The van der Waals surface area contributed by atoms with Crippen LogP contribution in [-0.4, -0.2) is 0 Å². The van der Waals surface area contributed by atoms with Gasteiger partial charge in [0.25, 0.3) is 0 Å². The smallest absolute Gasteiger partial charge is 0.149 e. The molecular weight excluding hydrogens is 287 g/mol. The summed E-state index contributed by atoms with van der Waals surface area (Å²) >= 11 is 0. The Morgan fingerprint density at radius 2 is 1.30 bits per heavy atom. The molecule has 23 heavy (non-hydrogen) atoms. The number of halogens is 1. The minimum absolute atomic E-state index is 0.103. The molecule has 0 aliphatic rings. The Kier molecular flexibility index (Phi) is 3.87. The number of nitrogens with zero attached hydrogens (tertiary/aromatic N) is 2. The van der Waals surface area contributed by atoms with Gasteiger partial charge in [0, 0.05) is 11.1 Å². The summed E-state index contributed by atoms with van der Waals surface area (Å²) in [6, 6.07) is 23.4. The molecule has 0 atom stereocenters. The number of hydrogen-bond donors (Lipinski definition) is 0. The van der Waals surface area contributed by atoms with E-state index in [1.54, 1.807) is 48.5 Å². The summed E-state index contributed by atoms with van der Waals surface area (Å²) in [4.78, 5) is 0. The fourth-order valence-electron chi connectivity index (χ4n) is 2.58. The predicted molar refractivity (Wildman–Crippen MR) is 86.7 cm³/mol. The normalized spacial score (nSPS) is 9.87. The van der Waals surface area contributed by atoms with Crippen LogP contribution in [0.1, 0.15) is 11.1 Å². The number of hydrogen-bond acceptors (Lipinski definition) is 2. The van der Waals surface area contributed by atoms with Gasteiger partial charge in [-0.1, -0.05) is 60.7 Å². The second-order valence-corrected chi connectivity index (χ2v) is 4.99. The van der Waals surface area contributed by atoms with Crippen molar-refractivity contribution >= 4 is 0 Å². The largest absolute Gasteiger partial charge is 0.205 e. The lowest BCUT2D eigenvalue weighted by molar-refractivity contribution is 0.628. The molecule has 0 heterocycles. The average Bonchev–Trinajstić information content (AvgIpc) is 2.62. The third-order valence-electron chi connectivity index (χ3n) is 3.64. The van der Waals surface area contributed by atoms with Crippen molar-refractivity contribution in [2.45, 2.75) is 0 Å². The zero-order valence-electron chi connectivity index (χ0n) is 12.1. The first-order valence-corrected chi connectivity index (χ1v) is 7.03. The Morgan fingerprint density at radius 3 is 1.83 bits per heavy atom. The van der Waals surface area contributed by atoms with Gasteiger partial charge in [0.2, 0.25) is 0 Å². The fraction of sp³-hybridized carbons (Fsp3) is 0. The van der Waals surface area contributed by atoms with E-state index in [-0.39, 0.29) is 16.7 Å². The zero-order chi connectivity index (χ0) is 16.2. The van der Waals surface area contributed by atoms with E-state index in [0.29, 0.717) is 16.7 Å². The van der Waals surface area contributed by atoms with Gasteiger partial charge in [0.05, 0.1) is 17.2 Å². The molecule has 0 spiro atoms. The Bertz CT molecular complexity index is 933. The van der Waals surface area contributed by atoms with Crippen LogP contribution in [0, 0.1) is 28.5 Å². The van der Waals surface area contributed by atoms with E-state index in [1.165, 1.54) is 6.07 Å². The molecule has 2 nitrogen and oxygen atoms in total. The van der Waals surface area contributed by atoms with Gasteiger partial charge in [-0.3, -0.25) is 0 Å².